The Morgan fingerprint density at radius 1 is 1.10 bits per heavy atom. The van der Waals surface area contributed by atoms with E-state index < -0.39 is 10.1 Å². The van der Waals surface area contributed by atoms with Crippen molar-refractivity contribution in [3.05, 3.63) is 41.5 Å². The minimum absolute atomic E-state index is 0.0227. The van der Waals surface area contributed by atoms with Crippen LogP contribution in [0.2, 0.25) is 0 Å². The van der Waals surface area contributed by atoms with Crippen LogP contribution in [0.3, 0.4) is 0 Å². The standard InChI is InChI=1S/C17H22O3S/c1-4-5-6-14-11-17(21(18,19)20)16-10-8-13(12(2)3)7-9-15(14)16/h7-12H,4-6H2,1-3H3,(H,18,19,20). The zero-order valence-corrected chi connectivity index (χ0v) is 13.6. The van der Waals surface area contributed by atoms with E-state index in [-0.39, 0.29) is 4.90 Å². The van der Waals surface area contributed by atoms with E-state index in [1.807, 2.05) is 24.3 Å². The van der Waals surface area contributed by atoms with Crippen LogP contribution in [0.4, 0.5) is 0 Å². The van der Waals surface area contributed by atoms with Crippen LogP contribution in [0.5, 0.6) is 0 Å². The first-order valence-corrected chi connectivity index (χ1v) is 8.81. The predicted octanol–water partition coefficient (Wildman–Crippen LogP) is 4.50. The van der Waals surface area contributed by atoms with Crippen LogP contribution in [-0.2, 0) is 16.5 Å². The van der Waals surface area contributed by atoms with Crippen molar-refractivity contribution in [3.63, 3.8) is 0 Å². The van der Waals surface area contributed by atoms with Gasteiger partial charge in [0, 0.05) is 5.56 Å². The lowest BCUT2D eigenvalue weighted by atomic mass is 10.0. The maximum Gasteiger partial charge on any atom is 0.295 e. The molecule has 0 aromatic carbocycles. The molecular weight excluding hydrogens is 284 g/mol. The first kappa shape index (κ1) is 16.0. The van der Waals surface area contributed by atoms with Gasteiger partial charge in [-0.25, -0.2) is 0 Å². The summed E-state index contributed by atoms with van der Waals surface area (Å²) in [5, 5.41) is 0. The summed E-state index contributed by atoms with van der Waals surface area (Å²) in [6.45, 7) is 6.30. The molecule has 3 nitrogen and oxygen atoms in total. The molecule has 0 fully saturated rings. The van der Waals surface area contributed by atoms with Crippen LogP contribution in [-0.4, -0.2) is 13.0 Å². The lowest BCUT2D eigenvalue weighted by Gasteiger charge is -2.00. The van der Waals surface area contributed by atoms with Crippen molar-refractivity contribution in [2.24, 2.45) is 0 Å². The van der Waals surface area contributed by atoms with E-state index in [1.54, 1.807) is 6.07 Å². The number of rotatable bonds is 5. The van der Waals surface area contributed by atoms with Gasteiger partial charge in [-0.1, -0.05) is 51.5 Å². The van der Waals surface area contributed by atoms with Gasteiger partial charge in [0.25, 0.3) is 10.1 Å². The van der Waals surface area contributed by atoms with Gasteiger partial charge in [0.15, 0.2) is 0 Å². The Balaban J connectivity index is 2.65. The van der Waals surface area contributed by atoms with Gasteiger partial charge in [-0.05, 0) is 41.5 Å². The second-order valence-electron chi connectivity index (χ2n) is 5.76. The third-order valence-electron chi connectivity index (χ3n) is 3.84. The van der Waals surface area contributed by atoms with Crippen molar-refractivity contribution in [1.29, 1.82) is 0 Å². The van der Waals surface area contributed by atoms with Crippen molar-refractivity contribution in [2.45, 2.75) is 50.8 Å². The fourth-order valence-corrected chi connectivity index (χ4v) is 3.32. The van der Waals surface area contributed by atoms with Gasteiger partial charge in [0.1, 0.15) is 4.90 Å². The van der Waals surface area contributed by atoms with E-state index in [0.29, 0.717) is 11.5 Å². The third-order valence-corrected chi connectivity index (χ3v) is 4.73. The Morgan fingerprint density at radius 2 is 1.71 bits per heavy atom. The van der Waals surface area contributed by atoms with Crippen molar-refractivity contribution in [2.75, 3.05) is 0 Å². The highest BCUT2D eigenvalue weighted by atomic mass is 32.2. The Kier molecular flexibility index (Phi) is 4.69. The summed E-state index contributed by atoms with van der Waals surface area (Å²) >= 11 is 0. The fraction of sp³-hybridized carbons (Fsp3) is 0.412. The van der Waals surface area contributed by atoms with Crippen LogP contribution in [0.25, 0.3) is 11.1 Å². The zero-order chi connectivity index (χ0) is 15.6. The molecule has 0 radical (unpaired) electrons. The monoisotopic (exact) mass is 306 g/mol. The van der Waals surface area contributed by atoms with Crippen LogP contribution in [0.15, 0.2) is 35.2 Å². The molecule has 2 aliphatic carbocycles. The highest BCUT2D eigenvalue weighted by Gasteiger charge is 2.22. The summed E-state index contributed by atoms with van der Waals surface area (Å²) in [7, 11) is -4.20. The maximum atomic E-state index is 11.6. The molecule has 0 saturated heterocycles. The number of aryl methyl sites for hydroxylation is 1. The minimum Gasteiger partial charge on any atom is -0.282 e. The molecule has 0 atom stereocenters. The molecular formula is C17H22O3S. The predicted molar refractivity (Wildman–Crippen MR) is 85.6 cm³/mol. The molecule has 0 bridgehead atoms. The van der Waals surface area contributed by atoms with Crippen molar-refractivity contribution in [1.82, 2.24) is 0 Å². The van der Waals surface area contributed by atoms with Gasteiger partial charge < -0.3 is 0 Å². The van der Waals surface area contributed by atoms with Gasteiger partial charge in [-0.3, -0.25) is 4.55 Å². The molecule has 0 heterocycles. The molecule has 4 heteroatoms. The first-order chi connectivity index (χ1) is 9.84. The number of fused-ring (bicyclic) bond motifs is 1. The second kappa shape index (κ2) is 6.16. The van der Waals surface area contributed by atoms with Gasteiger partial charge in [-0.2, -0.15) is 8.42 Å². The van der Waals surface area contributed by atoms with E-state index in [2.05, 4.69) is 20.8 Å². The SMILES string of the molecule is CCCCc1cc(S(=O)(=O)O)c2ccc(C(C)C)ccc1-2. The molecule has 0 aromatic rings. The molecule has 0 aliphatic heterocycles. The Bertz CT molecular complexity index is 702. The van der Waals surface area contributed by atoms with Gasteiger partial charge in [-0.15, -0.1) is 0 Å². The highest BCUT2D eigenvalue weighted by molar-refractivity contribution is 7.86. The maximum absolute atomic E-state index is 11.6. The molecule has 0 aromatic heterocycles. The zero-order valence-electron chi connectivity index (χ0n) is 12.8. The molecule has 1 N–H and O–H groups in total. The molecule has 2 rings (SSSR count). The number of unbranched alkanes of at least 4 members (excludes halogenated alkanes) is 1. The van der Waals surface area contributed by atoms with Crippen LogP contribution in [0.1, 0.15) is 50.7 Å². The lowest BCUT2D eigenvalue weighted by molar-refractivity contribution is 0.484. The average Bonchev–Trinajstić information content (AvgIpc) is 2.60. The first-order valence-electron chi connectivity index (χ1n) is 7.37. The largest absolute Gasteiger partial charge is 0.295 e. The molecule has 114 valence electrons. The third kappa shape index (κ3) is 3.44. The van der Waals surface area contributed by atoms with E-state index in [4.69, 9.17) is 0 Å². The summed E-state index contributed by atoms with van der Waals surface area (Å²) in [5.74, 6) is 0.370. The minimum atomic E-state index is -4.20. The van der Waals surface area contributed by atoms with E-state index >= 15 is 0 Å². The molecule has 0 unspecified atom stereocenters. The van der Waals surface area contributed by atoms with Crippen molar-refractivity contribution < 1.29 is 13.0 Å². The Labute approximate surface area is 127 Å². The smallest absolute Gasteiger partial charge is 0.282 e. The number of hydrogen-bond donors (Lipinski definition) is 1. The molecule has 21 heavy (non-hydrogen) atoms. The van der Waals surface area contributed by atoms with Gasteiger partial charge in [0.2, 0.25) is 0 Å². The Morgan fingerprint density at radius 3 is 2.24 bits per heavy atom. The summed E-state index contributed by atoms with van der Waals surface area (Å²) in [6.07, 6.45) is 2.87. The second-order valence-corrected chi connectivity index (χ2v) is 7.15. The average molecular weight is 306 g/mol. The van der Waals surface area contributed by atoms with Crippen LogP contribution in [0, 0.1) is 0 Å². The fourth-order valence-electron chi connectivity index (χ4n) is 2.58. The molecule has 0 spiro atoms. The highest BCUT2D eigenvalue weighted by Crippen LogP contribution is 2.36. The normalized spacial score (nSPS) is 12.2. The summed E-state index contributed by atoms with van der Waals surface area (Å²) in [5.41, 5.74) is 3.66. The number of hydrogen-bond acceptors (Lipinski definition) is 2. The van der Waals surface area contributed by atoms with Crippen molar-refractivity contribution >= 4 is 10.1 Å². The molecule has 0 amide bonds. The summed E-state index contributed by atoms with van der Waals surface area (Å²) < 4.78 is 32.7. The topological polar surface area (TPSA) is 54.4 Å². The molecule has 0 saturated carbocycles. The quantitative estimate of drug-likeness (QED) is 0.827. The van der Waals surface area contributed by atoms with E-state index in [0.717, 1.165) is 36.0 Å². The summed E-state index contributed by atoms with van der Waals surface area (Å²) in [4.78, 5) is 0.0227. The van der Waals surface area contributed by atoms with Crippen molar-refractivity contribution in [3.8, 4) is 11.1 Å². The van der Waals surface area contributed by atoms with E-state index in [1.165, 1.54) is 0 Å². The van der Waals surface area contributed by atoms with Gasteiger partial charge in [0.05, 0.1) is 0 Å². The molecule has 2 aliphatic rings. The lowest BCUT2D eigenvalue weighted by Crippen LogP contribution is -1.96. The van der Waals surface area contributed by atoms with E-state index in [9.17, 15) is 13.0 Å². The Hall–Kier alpha value is -1.39. The van der Waals surface area contributed by atoms with Crippen LogP contribution < -0.4 is 0 Å². The van der Waals surface area contributed by atoms with Gasteiger partial charge >= 0.3 is 0 Å². The van der Waals surface area contributed by atoms with Crippen LogP contribution >= 0.6 is 0 Å². The summed E-state index contributed by atoms with van der Waals surface area (Å²) in [6, 6.07) is 9.37.